The number of ether oxygens (including phenoxy) is 3. The van der Waals surface area contributed by atoms with E-state index in [1.807, 2.05) is 0 Å². The lowest BCUT2D eigenvalue weighted by atomic mass is 10.2. The molecule has 0 radical (unpaired) electrons. The van der Waals surface area contributed by atoms with Crippen LogP contribution in [0.25, 0.3) is 0 Å². The first-order chi connectivity index (χ1) is 7.75. The molecule has 2 rings (SSSR count). The van der Waals surface area contributed by atoms with Crippen LogP contribution in [0.15, 0.2) is 18.2 Å². The fraction of sp³-hybridized carbons (Fsp3) is 0.400. The molecule has 1 heterocycles. The van der Waals surface area contributed by atoms with Gasteiger partial charge in [0.2, 0.25) is 0 Å². The molecule has 0 aliphatic carbocycles. The summed E-state index contributed by atoms with van der Waals surface area (Å²) in [7, 11) is 0. The fourth-order valence-electron chi connectivity index (χ4n) is 1.29. The van der Waals surface area contributed by atoms with Gasteiger partial charge in [0.05, 0.1) is 6.61 Å². The van der Waals surface area contributed by atoms with Crippen LogP contribution in [0.2, 0.25) is 0 Å². The second-order valence-corrected chi connectivity index (χ2v) is 3.55. The van der Waals surface area contributed by atoms with Gasteiger partial charge in [-0.05, 0) is 17.7 Å². The number of hydrogen-bond donors (Lipinski definition) is 0. The summed E-state index contributed by atoms with van der Waals surface area (Å²) < 4.78 is 62.6. The van der Waals surface area contributed by atoms with Crippen molar-refractivity contribution in [1.82, 2.24) is 0 Å². The summed E-state index contributed by atoms with van der Waals surface area (Å²) in [4.78, 5) is 0. The third-order valence-corrected chi connectivity index (χ3v) is 1.96. The van der Waals surface area contributed by atoms with Crippen LogP contribution in [0, 0.1) is 0 Å². The largest absolute Gasteiger partial charge is 0.586 e. The molecule has 0 amide bonds. The molecule has 1 aromatic rings. The van der Waals surface area contributed by atoms with Crippen LogP contribution in [0.4, 0.5) is 17.6 Å². The van der Waals surface area contributed by atoms with Crippen LogP contribution in [0.5, 0.6) is 11.5 Å². The van der Waals surface area contributed by atoms with Crippen molar-refractivity contribution >= 4 is 0 Å². The lowest BCUT2D eigenvalue weighted by Gasteiger charge is -2.11. The van der Waals surface area contributed by atoms with E-state index in [2.05, 4.69) is 14.2 Å². The number of rotatable bonds is 3. The Morgan fingerprint density at radius 1 is 1.24 bits per heavy atom. The molecule has 3 nitrogen and oxygen atoms in total. The fourth-order valence-corrected chi connectivity index (χ4v) is 1.29. The first kappa shape index (κ1) is 12.0. The van der Waals surface area contributed by atoms with Crippen molar-refractivity contribution in [2.45, 2.75) is 25.9 Å². The average molecular weight is 252 g/mol. The second kappa shape index (κ2) is 3.76. The Morgan fingerprint density at radius 2 is 1.88 bits per heavy atom. The topological polar surface area (TPSA) is 27.7 Å². The van der Waals surface area contributed by atoms with E-state index in [9.17, 15) is 17.6 Å². The highest BCUT2D eigenvalue weighted by Crippen LogP contribution is 2.41. The lowest BCUT2D eigenvalue weighted by Crippen LogP contribution is -2.25. The van der Waals surface area contributed by atoms with E-state index in [-0.39, 0.29) is 17.1 Å². The molecule has 1 aliphatic heterocycles. The van der Waals surface area contributed by atoms with Gasteiger partial charge in [0.15, 0.2) is 11.5 Å². The average Bonchev–Trinajstić information content (AvgIpc) is 2.46. The van der Waals surface area contributed by atoms with E-state index < -0.39 is 19.0 Å². The molecule has 94 valence electrons. The van der Waals surface area contributed by atoms with Crippen LogP contribution in [-0.2, 0) is 11.3 Å². The second-order valence-electron chi connectivity index (χ2n) is 3.55. The Morgan fingerprint density at radius 3 is 2.53 bits per heavy atom. The van der Waals surface area contributed by atoms with Crippen LogP contribution in [0.3, 0.4) is 0 Å². The Bertz CT molecular complexity index is 428. The zero-order chi connectivity index (χ0) is 12.7. The molecule has 0 spiro atoms. The number of hydrogen-bond acceptors (Lipinski definition) is 3. The normalized spacial score (nSPS) is 17.2. The molecule has 0 bridgehead atoms. The Kier molecular flexibility index (Phi) is 2.65. The van der Waals surface area contributed by atoms with Crippen molar-refractivity contribution in [3.8, 4) is 11.5 Å². The molecule has 0 saturated carbocycles. The molecule has 1 aromatic carbocycles. The van der Waals surface area contributed by atoms with Crippen molar-refractivity contribution in [1.29, 1.82) is 0 Å². The molecule has 0 saturated heterocycles. The molecule has 1 aliphatic rings. The van der Waals surface area contributed by atoms with E-state index in [1.165, 1.54) is 18.2 Å². The highest BCUT2D eigenvalue weighted by atomic mass is 19.3. The predicted octanol–water partition coefficient (Wildman–Crippen LogP) is 3.14. The maximum atomic E-state index is 12.6. The van der Waals surface area contributed by atoms with Gasteiger partial charge in [-0.2, -0.15) is 8.78 Å². The van der Waals surface area contributed by atoms with Gasteiger partial charge < -0.3 is 14.2 Å². The van der Waals surface area contributed by atoms with Crippen LogP contribution in [0.1, 0.15) is 12.5 Å². The monoisotopic (exact) mass is 252 g/mol. The van der Waals surface area contributed by atoms with E-state index in [1.54, 1.807) is 0 Å². The molecule has 0 atom stereocenters. The summed E-state index contributed by atoms with van der Waals surface area (Å²) >= 11 is 0. The molecule has 0 N–H and O–H groups in total. The minimum Gasteiger partial charge on any atom is -0.395 e. The summed E-state index contributed by atoms with van der Waals surface area (Å²) in [6.07, 6.45) is -6.99. The Hall–Kier alpha value is -1.50. The van der Waals surface area contributed by atoms with Gasteiger partial charge in [0.1, 0.15) is 0 Å². The van der Waals surface area contributed by atoms with E-state index in [4.69, 9.17) is 0 Å². The van der Waals surface area contributed by atoms with Crippen LogP contribution >= 0.6 is 0 Å². The van der Waals surface area contributed by atoms with Gasteiger partial charge in [-0.15, -0.1) is 8.78 Å². The lowest BCUT2D eigenvalue weighted by molar-refractivity contribution is -0.286. The van der Waals surface area contributed by atoms with Crippen molar-refractivity contribution in [2.75, 3.05) is 0 Å². The SMILES string of the molecule is CC(F)(F)OCc1ccc2c(c1)OC(F)(F)O2. The first-order valence-corrected chi connectivity index (χ1v) is 4.66. The highest BCUT2D eigenvalue weighted by molar-refractivity contribution is 5.45. The van der Waals surface area contributed by atoms with Crippen molar-refractivity contribution in [2.24, 2.45) is 0 Å². The van der Waals surface area contributed by atoms with Gasteiger partial charge in [0, 0.05) is 6.92 Å². The maximum absolute atomic E-state index is 12.6. The quantitative estimate of drug-likeness (QED) is 0.773. The summed E-state index contributed by atoms with van der Waals surface area (Å²) in [5, 5.41) is 0. The third kappa shape index (κ3) is 3.00. The van der Waals surface area contributed by atoms with E-state index in [0.29, 0.717) is 6.92 Å². The number of benzene rings is 1. The molecular weight excluding hydrogens is 244 g/mol. The number of fused-ring (bicyclic) bond motifs is 1. The minimum absolute atomic E-state index is 0.137. The minimum atomic E-state index is -3.71. The smallest absolute Gasteiger partial charge is 0.395 e. The standard InChI is InChI=1S/C10H8F4O3/c1-9(11,12)15-5-6-2-3-7-8(4-6)17-10(13,14)16-7/h2-4H,5H2,1H3. The zero-order valence-electron chi connectivity index (χ0n) is 8.68. The summed E-state index contributed by atoms with van der Waals surface area (Å²) in [5.74, 6) is -0.336. The molecular formula is C10H8F4O3. The molecule has 7 heteroatoms. The maximum Gasteiger partial charge on any atom is 0.586 e. The predicted molar refractivity (Wildman–Crippen MR) is 48.1 cm³/mol. The van der Waals surface area contributed by atoms with Gasteiger partial charge in [-0.25, -0.2) is 0 Å². The van der Waals surface area contributed by atoms with Gasteiger partial charge in [-0.3, -0.25) is 0 Å². The molecule has 0 aromatic heterocycles. The van der Waals surface area contributed by atoms with Gasteiger partial charge in [0.25, 0.3) is 0 Å². The Balaban J connectivity index is 2.09. The first-order valence-electron chi connectivity index (χ1n) is 4.66. The summed E-state index contributed by atoms with van der Waals surface area (Å²) in [6.45, 7) is 0.180. The Labute approximate surface area is 93.9 Å². The molecule has 17 heavy (non-hydrogen) atoms. The van der Waals surface area contributed by atoms with E-state index in [0.717, 1.165) is 0 Å². The zero-order valence-corrected chi connectivity index (χ0v) is 8.68. The van der Waals surface area contributed by atoms with Crippen molar-refractivity contribution < 1.29 is 31.8 Å². The van der Waals surface area contributed by atoms with Crippen LogP contribution < -0.4 is 9.47 Å². The summed E-state index contributed by atoms with van der Waals surface area (Å²) in [6, 6.07) is 3.72. The van der Waals surface area contributed by atoms with Crippen molar-refractivity contribution in [3.05, 3.63) is 23.8 Å². The van der Waals surface area contributed by atoms with E-state index >= 15 is 0 Å². The third-order valence-electron chi connectivity index (χ3n) is 1.96. The number of alkyl halides is 4. The van der Waals surface area contributed by atoms with Gasteiger partial charge in [-0.1, -0.05) is 6.07 Å². The molecule has 0 unspecified atom stereocenters. The number of halogens is 4. The summed E-state index contributed by atoms with van der Waals surface area (Å²) in [5.41, 5.74) is 0.284. The highest BCUT2D eigenvalue weighted by Gasteiger charge is 2.43. The van der Waals surface area contributed by atoms with Crippen molar-refractivity contribution in [3.63, 3.8) is 0 Å². The molecule has 0 fully saturated rings. The van der Waals surface area contributed by atoms with Crippen LogP contribution in [-0.4, -0.2) is 12.4 Å². The van der Waals surface area contributed by atoms with Gasteiger partial charge >= 0.3 is 12.4 Å².